The molecule has 0 aliphatic rings. The van der Waals surface area contributed by atoms with Gasteiger partial charge < -0.3 is 10.4 Å². The van der Waals surface area contributed by atoms with Gasteiger partial charge in [0.15, 0.2) is 0 Å². The Kier molecular flexibility index (Phi) is 4.78. The van der Waals surface area contributed by atoms with Crippen LogP contribution in [0.25, 0.3) is 0 Å². The Balaban J connectivity index is 2.74. The molecule has 0 unspecified atom stereocenters. The number of carboxylic acids is 1. The molecule has 1 heterocycles. The van der Waals surface area contributed by atoms with Gasteiger partial charge in [-0.15, -0.1) is 0 Å². The van der Waals surface area contributed by atoms with E-state index in [4.69, 9.17) is 5.11 Å². The number of hydrogen-bond donors (Lipinski definition) is 2. The normalized spacial score (nSPS) is 11.8. The fraction of sp³-hybridized carbons (Fsp3) is 0.400. The Hall–Kier alpha value is -1.96. The van der Waals surface area contributed by atoms with E-state index in [1.807, 2.05) is 0 Å². The van der Waals surface area contributed by atoms with Crippen molar-refractivity contribution >= 4 is 28.2 Å². The lowest BCUT2D eigenvalue weighted by Crippen LogP contribution is -2.40. The van der Waals surface area contributed by atoms with Crippen LogP contribution in [0, 0.1) is 10.1 Å². The maximum Gasteiger partial charge on any atom is 0.326 e. The average molecular weight is 272 g/mol. The molecule has 1 rings (SSSR count). The molecule has 0 saturated heterocycles. The average Bonchev–Trinajstić information content (AvgIpc) is 2.77. The zero-order valence-electron chi connectivity index (χ0n) is 9.58. The lowest BCUT2D eigenvalue weighted by molar-refractivity contribution is -0.380. The SMILES string of the molecule is CCC[C@H](NC(=O)c1ccc([N+](=O)[O-])s1)C(=O)O. The topological polar surface area (TPSA) is 110 Å². The number of amides is 1. The molecule has 2 N–H and O–H groups in total. The first-order valence-electron chi connectivity index (χ1n) is 5.23. The van der Waals surface area contributed by atoms with Crippen LogP contribution in [-0.2, 0) is 4.79 Å². The lowest BCUT2D eigenvalue weighted by Gasteiger charge is -2.12. The van der Waals surface area contributed by atoms with Crippen LogP contribution in [0.3, 0.4) is 0 Å². The van der Waals surface area contributed by atoms with Crippen LogP contribution in [0.4, 0.5) is 5.00 Å². The minimum absolute atomic E-state index is 0.129. The molecule has 0 aliphatic heterocycles. The Morgan fingerprint density at radius 2 is 2.22 bits per heavy atom. The molecule has 8 heteroatoms. The van der Waals surface area contributed by atoms with E-state index < -0.39 is 22.8 Å². The summed E-state index contributed by atoms with van der Waals surface area (Å²) in [5.74, 6) is -1.72. The Morgan fingerprint density at radius 1 is 1.56 bits per heavy atom. The molecule has 18 heavy (non-hydrogen) atoms. The summed E-state index contributed by atoms with van der Waals surface area (Å²) in [7, 11) is 0. The molecule has 7 nitrogen and oxygen atoms in total. The van der Waals surface area contributed by atoms with Gasteiger partial charge in [0.25, 0.3) is 5.91 Å². The van der Waals surface area contributed by atoms with Crippen molar-refractivity contribution in [3.8, 4) is 0 Å². The fourth-order valence-corrected chi connectivity index (χ4v) is 2.05. The molecule has 1 aromatic rings. The van der Waals surface area contributed by atoms with E-state index in [0.29, 0.717) is 24.2 Å². The second kappa shape index (κ2) is 6.10. The van der Waals surface area contributed by atoms with Crippen LogP contribution in [0.1, 0.15) is 29.4 Å². The quantitative estimate of drug-likeness (QED) is 0.604. The summed E-state index contributed by atoms with van der Waals surface area (Å²) in [6.45, 7) is 1.80. The van der Waals surface area contributed by atoms with Crippen molar-refractivity contribution in [1.29, 1.82) is 0 Å². The van der Waals surface area contributed by atoms with Crippen LogP contribution >= 0.6 is 11.3 Å². The van der Waals surface area contributed by atoms with Crippen molar-refractivity contribution in [2.45, 2.75) is 25.8 Å². The minimum Gasteiger partial charge on any atom is -0.480 e. The van der Waals surface area contributed by atoms with Crippen LogP contribution in [0.5, 0.6) is 0 Å². The molecule has 98 valence electrons. The number of rotatable bonds is 6. The zero-order valence-corrected chi connectivity index (χ0v) is 10.4. The van der Waals surface area contributed by atoms with Crippen LogP contribution in [-0.4, -0.2) is 27.9 Å². The summed E-state index contributed by atoms with van der Waals surface area (Å²) in [6.07, 6.45) is 0.927. The molecule has 0 spiro atoms. The van der Waals surface area contributed by atoms with Gasteiger partial charge in [0.1, 0.15) is 6.04 Å². The van der Waals surface area contributed by atoms with Crippen molar-refractivity contribution < 1.29 is 19.6 Å². The first-order valence-corrected chi connectivity index (χ1v) is 6.05. The number of nitrogens with one attached hydrogen (secondary N) is 1. The van der Waals surface area contributed by atoms with Gasteiger partial charge in [-0.3, -0.25) is 14.9 Å². The van der Waals surface area contributed by atoms with Crippen molar-refractivity contribution in [2.75, 3.05) is 0 Å². The maximum absolute atomic E-state index is 11.7. The summed E-state index contributed by atoms with van der Waals surface area (Å²) in [6, 6.07) is 1.56. The predicted octanol–water partition coefficient (Wildman–Crippen LogP) is 1.64. The zero-order chi connectivity index (χ0) is 13.7. The Labute approximate surface area is 107 Å². The fourth-order valence-electron chi connectivity index (χ4n) is 1.32. The molecule has 0 aliphatic carbocycles. The number of carbonyl (C=O) groups excluding carboxylic acids is 1. The highest BCUT2D eigenvalue weighted by Crippen LogP contribution is 2.23. The minimum atomic E-state index is -1.11. The lowest BCUT2D eigenvalue weighted by atomic mass is 10.1. The molecule has 0 fully saturated rings. The van der Waals surface area contributed by atoms with E-state index in [2.05, 4.69) is 5.32 Å². The number of nitro groups is 1. The molecular formula is C10H12N2O5S. The number of nitrogens with zero attached hydrogens (tertiary/aromatic N) is 1. The maximum atomic E-state index is 11.7. The molecule has 1 atom stereocenters. The van der Waals surface area contributed by atoms with E-state index in [1.165, 1.54) is 12.1 Å². The number of aliphatic carboxylic acids is 1. The summed E-state index contributed by atoms with van der Waals surface area (Å²) < 4.78 is 0. The smallest absolute Gasteiger partial charge is 0.326 e. The third-order valence-corrected chi connectivity index (χ3v) is 3.21. The van der Waals surface area contributed by atoms with Crippen LogP contribution in [0.2, 0.25) is 0 Å². The van der Waals surface area contributed by atoms with E-state index in [9.17, 15) is 19.7 Å². The highest BCUT2D eigenvalue weighted by Gasteiger charge is 2.22. The first-order chi connectivity index (χ1) is 8.45. The van der Waals surface area contributed by atoms with Gasteiger partial charge in [0, 0.05) is 6.07 Å². The van der Waals surface area contributed by atoms with Crippen molar-refractivity contribution in [2.24, 2.45) is 0 Å². The second-order valence-corrected chi connectivity index (χ2v) is 4.61. The monoisotopic (exact) mass is 272 g/mol. The van der Waals surface area contributed by atoms with Gasteiger partial charge in [-0.05, 0) is 12.5 Å². The molecule has 0 radical (unpaired) electrons. The van der Waals surface area contributed by atoms with Gasteiger partial charge in [0.2, 0.25) is 0 Å². The standard InChI is InChI=1S/C10H12N2O5S/c1-2-3-6(10(14)15)11-9(13)7-4-5-8(18-7)12(16)17/h4-6H,2-3H2,1H3,(H,11,13)(H,14,15)/t6-/m0/s1. The van der Waals surface area contributed by atoms with E-state index in [0.717, 1.165) is 0 Å². The van der Waals surface area contributed by atoms with Gasteiger partial charge in [0.05, 0.1) is 9.80 Å². The number of hydrogen-bond acceptors (Lipinski definition) is 5. The number of carboxylic acid groups (broad SMARTS) is 1. The molecule has 0 saturated carbocycles. The largest absolute Gasteiger partial charge is 0.480 e. The summed E-state index contributed by atoms with van der Waals surface area (Å²) in [5.41, 5.74) is 0. The van der Waals surface area contributed by atoms with Gasteiger partial charge >= 0.3 is 11.0 Å². The van der Waals surface area contributed by atoms with Crippen LogP contribution < -0.4 is 5.32 Å². The molecule has 0 bridgehead atoms. The summed E-state index contributed by atoms with van der Waals surface area (Å²) >= 11 is 0.717. The predicted molar refractivity (Wildman–Crippen MR) is 64.8 cm³/mol. The van der Waals surface area contributed by atoms with E-state index in [1.54, 1.807) is 6.92 Å². The highest BCUT2D eigenvalue weighted by molar-refractivity contribution is 7.17. The Bertz CT molecular complexity index is 471. The second-order valence-electron chi connectivity index (χ2n) is 3.55. The highest BCUT2D eigenvalue weighted by atomic mass is 32.1. The Morgan fingerprint density at radius 3 is 2.67 bits per heavy atom. The molecular weight excluding hydrogens is 260 g/mol. The molecule has 1 amide bonds. The van der Waals surface area contributed by atoms with Crippen molar-refractivity contribution in [3.63, 3.8) is 0 Å². The summed E-state index contributed by atoms with van der Waals surface area (Å²) in [5, 5.41) is 21.5. The number of thiophene rings is 1. The summed E-state index contributed by atoms with van der Waals surface area (Å²) in [4.78, 5) is 32.5. The van der Waals surface area contributed by atoms with Gasteiger partial charge in [-0.25, -0.2) is 4.79 Å². The van der Waals surface area contributed by atoms with Crippen molar-refractivity contribution in [3.05, 3.63) is 27.1 Å². The number of carbonyl (C=O) groups is 2. The van der Waals surface area contributed by atoms with Gasteiger partial charge in [-0.1, -0.05) is 24.7 Å². The van der Waals surface area contributed by atoms with Crippen molar-refractivity contribution in [1.82, 2.24) is 5.32 Å². The van der Waals surface area contributed by atoms with Crippen LogP contribution in [0.15, 0.2) is 12.1 Å². The van der Waals surface area contributed by atoms with E-state index in [-0.39, 0.29) is 9.88 Å². The third-order valence-electron chi connectivity index (χ3n) is 2.18. The molecule has 1 aromatic heterocycles. The van der Waals surface area contributed by atoms with Gasteiger partial charge in [-0.2, -0.15) is 0 Å². The van der Waals surface area contributed by atoms with E-state index >= 15 is 0 Å². The third kappa shape index (κ3) is 3.52. The molecule has 0 aromatic carbocycles. The first kappa shape index (κ1) is 14.1.